The number of nitrogens with one attached hydrogen (secondary N) is 2. The molecule has 1 aliphatic heterocycles. The fourth-order valence-corrected chi connectivity index (χ4v) is 7.03. The van der Waals surface area contributed by atoms with Gasteiger partial charge in [-0.2, -0.15) is 0 Å². The van der Waals surface area contributed by atoms with Crippen molar-refractivity contribution >= 4 is 38.9 Å². The zero-order valence-corrected chi connectivity index (χ0v) is 15.9. The second-order valence-electron chi connectivity index (χ2n) is 6.90. The standard InChI is InChI=1S/C18H16FN3O3S2/c19-14-9-3-1-5-11(9)15(12-6-2-4-10(12)14)20-18(24)22-27(25)13-7-8-26-16(13)17(23)21-27/h7-8H,1-6H2,(H2,20,21,22,23,24,25). The van der Waals surface area contributed by atoms with Crippen molar-refractivity contribution in [2.45, 2.75) is 43.4 Å². The van der Waals surface area contributed by atoms with E-state index in [1.165, 1.54) is 0 Å². The lowest BCUT2D eigenvalue weighted by Gasteiger charge is -2.17. The average Bonchev–Trinajstić information content (AvgIpc) is 3.39. The zero-order valence-electron chi connectivity index (χ0n) is 14.3. The van der Waals surface area contributed by atoms with Gasteiger partial charge < -0.3 is 5.32 Å². The number of rotatable bonds is 2. The SMILES string of the molecule is O=C(Nc1c2c(c(F)c3c1CCC3)CCC2)NS1(=O)=NC(=O)c2sccc21. The second kappa shape index (κ2) is 5.87. The molecule has 1 aromatic heterocycles. The maximum atomic E-state index is 14.7. The number of halogens is 1. The van der Waals surface area contributed by atoms with E-state index in [4.69, 9.17) is 0 Å². The van der Waals surface area contributed by atoms with Crippen LogP contribution in [-0.4, -0.2) is 16.1 Å². The van der Waals surface area contributed by atoms with Crippen LogP contribution in [0.5, 0.6) is 0 Å². The Hall–Kier alpha value is -2.26. The second-order valence-corrected chi connectivity index (χ2v) is 9.70. The number of fused-ring (bicyclic) bond motifs is 3. The Morgan fingerprint density at radius 3 is 2.41 bits per heavy atom. The molecule has 1 unspecified atom stereocenters. The van der Waals surface area contributed by atoms with Gasteiger partial charge >= 0.3 is 6.03 Å². The molecule has 0 bridgehead atoms. The molecule has 3 aliphatic rings. The van der Waals surface area contributed by atoms with Crippen LogP contribution >= 0.6 is 11.3 Å². The molecular weight excluding hydrogens is 389 g/mol. The lowest BCUT2D eigenvalue weighted by molar-refractivity contribution is 0.101. The van der Waals surface area contributed by atoms with Gasteiger partial charge in [0.15, 0.2) is 9.92 Å². The normalized spacial score (nSPS) is 22.2. The fourth-order valence-electron chi connectivity index (χ4n) is 4.26. The van der Waals surface area contributed by atoms with Gasteiger partial charge in [0.1, 0.15) is 10.7 Å². The number of carbonyl (C=O) groups excluding carboxylic acids is 2. The Kier molecular flexibility index (Phi) is 3.67. The smallest absolute Gasteiger partial charge is 0.307 e. The highest BCUT2D eigenvalue weighted by Crippen LogP contribution is 2.41. The van der Waals surface area contributed by atoms with Crippen LogP contribution in [0.4, 0.5) is 14.9 Å². The molecule has 6 nitrogen and oxygen atoms in total. The van der Waals surface area contributed by atoms with Crippen molar-refractivity contribution in [1.29, 1.82) is 0 Å². The molecule has 2 aliphatic carbocycles. The lowest BCUT2D eigenvalue weighted by Crippen LogP contribution is -2.34. The molecule has 0 saturated carbocycles. The van der Waals surface area contributed by atoms with E-state index in [9.17, 15) is 18.2 Å². The van der Waals surface area contributed by atoms with Crippen molar-refractivity contribution in [2.24, 2.45) is 4.36 Å². The minimum atomic E-state index is -3.32. The van der Waals surface area contributed by atoms with E-state index in [-0.39, 0.29) is 10.7 Å². The summed E-state index contributed by atoms with van der Waals surface area (Å²) < 4.78 is 33.8. The summed E-state index contributed by atoms with van der Waals surface area (Å²) in [5.74, 6) is -0.694. The number of benzene rings is 1. The number of amides is 3. The maximum absolute atomic E-state index is 14.7. The van der Waals surface area contributed by atoms with Gasteiger partial charge in [-0.3, -0.25) is 4.79 Å². The molecule has 3 amide bonds. The molecule has 2 aromatic rings. The van der Waals surface area contributed by atoms with Gasteiger partial charge in [0.05, 0.1) is 4.90 Å². The predicted molar refractivity (Wildman–Crippen MR) is 100 cm³/mol. The minimum Gasteiger partial charge on any atom is -0.307 e. The van der Waals surface area contributed by atoms with Gasteiger partial charge in [0, 0.05) is 5.69 Å². The Balaban J connectivity index is 1.49. The summed E-state index contributed by atoms with van der Waals surface area (Å²) in [6.07, 6.45) is 4.46. The minimum absolute atomic E-state index is 0.119. The van der Waals surface area contributed by atoms with E-state index < -0.39 is 21.9 Å². The van der Waals surface area contributed by atoms with Gasteiger partial charge in [-0.05, 0) is 72.2 Å². The fraction of sp³-hybridized carbons (Fsp3) is 0.333. The van der Waals surface area contributed by atoms with Crippen molar-refractivity contribution in [3.05, 3.63) is 44.4 Å². The molecule has 27 heavy (non-hydrogen) atoms. The summed E-state index contributed by atoms with van der Waals surface area (Å²) in [6.45, 7) is 0. The zero-order chi connectivity index (χ0) is 18.8. The van der Waals surface area contributed by atoms with E-state index in [2.05, 4.69) is 14.4 Å². The van der Waals surface area contributed by atoms with Crippen molar-refractivity contribution < 1.29 is 18.2 Å². The van der Waals surface area contributed by atoms with Crippen molar-refractivity contribution in [2.75, 3.05) is 5.32 Å². The van der Waals surface area contributed by atoms with Crippen LogP contribution in [0.2, 0.25) is 0 Å². The first kappa shape index (κ1) is 16.9. The van der Waals surface area contributed by atoms with E-state index in [1.807, 2.05) is 0 Å². The van der Waals surface area contributed by atoms with Gasteiger partial charge in [-0.25, -0.2) is 18.1 Å². The first-order valence-corrected chi connectivity index (χ1v) is 11.2. The summed E-state index contributed by atoms with van der Waals surface area (Å²) in [6, 6.07) is 0.857. The summed E-state index contributed by atoms with van der Waals surface area (Å²) >= 11 is 1.15. The molecule has 0 saturated heterocycles. The van der Waals surface area contributed by atoms with E-state index in [0.717, 1.165) is 35.3 Å². The molecular formula is C18H16FN3O3S2. The molecule has 0 spiro atoms. The topological polar surface area (TPSA) is 87.6 Å². The molecule has 5 rings (SSSR count). The molecule has 2 heterocycles. The van der Waals surface area contributed by atoms with Crippen LogP contribution in [0.15, 0.2) is 20.7 Å². The van der Waals surface area contributed by atoms with Gasteiger partial charge in [0.25, 0.3) is 5.91 Å². The van der Waals surface area contributed by atoms with E-state index >= 15 is 0 Å². The van der Waals surface area contributed by atoms with Gasteiger partial charge in [0.2, 0.25) is 0 Å². The number of thiophene rings is 1. The summed E-state index contributed by atoms with van der Waals surface area (Å²) in [4.78, 5) is 25.1. The predicted octanol–water partition coefficient (Wildman–Crippen LogP) is 3.58. The Morgan fingerprint density at radius 2 is 1.74 bits per heavy atom. The molecule has 9 heteroatoms. The van der Waals surface area contributed by atoms with Crippen LogP contribution in [0, 0.1) is 5.82 Å². The lowest BCUT2D eigenvalue weighted by atomic mass is 9.98. The number of hydrogen-bond acceptors (Lipinski definition) is 4. The van der Waals surface area contributed by atoms with Crippen LogP contribution in [0.3, 0.4) is 0 Å². The van der Waals surface area contributed by atoms with Crippen molar-refractivity contribution in [1.82, 2.24) is 4.72 Å². The molecule has 1 aromatic carbocycles. The Bertz CT molecular complexity index is 1110. The highest BCUT2D eigenvalue weighted by atomic mass is 32.2. The van der Waals surface area contributed by atoms with Crippen LogP contribution in [0.1, 0.15) is 44.8 Å². The third-order valence-corrected chi connectivity index (χ3v) is 8.22. The Labute approximate surface area is 159 Å². The Morgan fingerprint density at radius 1 is 1.11 bits per heavy atom. The molecule has 0 radical (unpaired) electrons. The first-order chi connectivity index (χ1) is 13.0. The number of carbonyl (C=O) groups is 2. The summed E-state index contributed by atoms with van der Waals surface area (Å²) in [5, 5.41) is 4.45. The van der Waals surface area contributed by atoms with Crippen LogP contribution in [-0.2, 0) is 35.6 Å². The summed E-state index contributed by atoms with van der Waals surface area (Å²) in [7, 11) is -3.32. The van der Waals surface area contributed by atoms with Crippen molar-refractivity contribution in [3.8, 4) is 0 Å². The highest BCUT2D eigenvalue weighted by Gasteiger charge is 2.33. The van der Waals surface area contributed by atoms with E-state index in [1.54, 1.807) is 11.4 Å². The highest BCUT2D eigenvalue weighted by molar-refractivity contribution is 7.93. The third-order valence-electron chi connectivity index (χ3n) is 5.37. The molecule has 140 valence electrons. The van der Waals surface area contributed by atoms with E-state index in [0.29, 0.717) is 47.4 Å². The number of urea groups is 1. The van der Waals surface area contributed by atoms with Crippen molar-refractivity contribution in [3.63, 3.8) is 0 Å². The summed E-state index contributed by atoms with van der Waals surface area (Å²) in [5.41, 5.74) is 3.71. The van der Waals surface area contributed by atoms with Crippen LogP contribution in [0.25, 0.3) is 0 Å². The largest absolute Gasteiger partial charge is 0.331 e. The van der Waals surface area contributed by atoms with Gasteiger partial charge in [-0.1, -0.05) is 0 Å². The number of hydrogen-bond donors (Lipinski definition) is 2. The maximum Gasteiger partial charge on any atom is 0.331 e. The number of anilines is 1. The first-order valence-electron chi connectivity index (χ1n) is 8.80. The number of nitrogens with zero attached hydrogens (tertiary/aromatic N) is 1. The average molecular weight is 405 g/mol. The molecule has 2 N–H and O–H groups in total. The monoisotopic (exact) mass is 405 g/mol. The molecule has 1 atom stereocenters. The third kappa shape index (κ3) is 2.45. The van der Waals surface area contributed by atoms with Gasteiger partial charge in [-0.15, -0.1) is 15.7 Å². The molecule has 0 fully saturated rings. The van der Waals surface area contributed by atoms with Crippen LogP contribution < -0.4 is 10.0 Å². The quantitative estimate of drug-likeness (QED) is 0.801.